The van der Waals surface area contributed by atoms with Gasteiger partial charge in [0.05, 0.1) is 0 Å². The lowest BCUT2D eigenvalue weighted by Gasteiger charge is -2.36. The molecule has 2 nitrogen and oxygen atoms in total. The minimum atomic E-state index is -0.215. The van der Waals surface area contributed by atoms with Gasteiger partial charge in [-0.3, -0.25) is 11.3 Å². The smallest absolute Gasteiger partial charge is 0.123 e. The van der Waals surface area contributed by atoms with Crippen LogP contribution in [-0.4, -0.2) is 6.04 Å². The Bertz CT molecular complexity index is 630. The van der Waals surface area contributed by atoms with Gasteiger partial charge in [0.25, 0.3) is 0 Å². The lowest BCUT2D eigenvalue weighted by Crippen LogP contribution is -2.45. The van der Waals surface area contributed by atoms with Crippen molar-refractivity contribution in [2.45, 2.75) is 24.8 Å². The van der Waals surface area contributed by atoms with E-state index in [2.05, 4.69) is 45.6 Å². The van der Waals surface area contributed by atoms with Gasteiger partial charge in [0, 0.05) is 16.4 Å². The first-order chi connectivity index (χ1) is 9.69. The third kappa shape index (κ3) is 2.51. The molecule has 2 aromatic rings. The molecule has 4 heteroatoms. The van der Waals surface area contributed by atoms with Crippen LogP contribution in [0, 0.1) is 5.82 Å². The van der Waals surface area contributed by atoms with Crippen molar-refractivity contribution in [3.05, 3.63) is 69.4 Å². The molecule has 0 heterocycles. The second kappa shape index (κ2) is 5.64. The van der Waals surface area contributed by atoms with Gasteiger partial charge >= 0.3 is 0 Å². The first kappa shape index (κ1) is 13.7. The molecular weight excluding hydrogens is 319 g/mol. The molecule has 3 rings (SSSR count). The topological polar surface area (TPSA) is 38.0 Å². The van der Waals surface area contributed by atoms with Gasteiger partial charge in [-0.05, 0) is 47.7 Å². The van der Waals surface area contributed by atoms with Crippen LogP contribution in [0.2, 0.25) is 0 Å². The van der Waals surface area contributed by atoms with Crippen molar-refractivity contribution < 1.29 is 4.39 Å². The third-order valence-electron chi connectivity index (χ3n) is 4.04. The van der Waals surface area contributed by atoms with Crippen LogP contribution in [0.15, 0.2) is 46.9 Å². The van der Waals surface area contributed by atoms with Crippen molar-refractivity contribution in [2.24, 2.45) is 5.84 Å². The Hall–Kier alpha value is -1.23. The van der Waals surface area contributed by atoms with E-state index in [9.17, 15) is 4.39 Å². The quantitative estimate of drug-likeness (QED) is 0.665. The number of hydrogen-bond acceptors (Lipinski definition) is 2. The highest BCUT2D eigenvalue weighted by molar-refractivity contribution is 9.10. The number of halogens is 2. The second-order valence-electron chi connectivity index (χ2n) is 5.22. The summed E-state index contributed by atoms with van der Waals surface area (Å²) in [5.74, 6) is 5.90. The van der Waals surface area contributed by atoms with Crippen LogP contribution in [0.1, 0.15) is 22.6 Å². The summed E-state index contributed by atoms with van der Waals surface area (Å²) in [5, 5.41) is 0. The molecule has 0 radical (unpaired) electrons. The average Bonchev–Trinajstić information content (AvgIpc) is 2.43. The maximum absolute atomic E-state index is 13.4. The van der Waals surface area contributed by atoms with Crippen molar-refractivity contribution in [2.75, 3.05) is 0 Å². The molecule has 104 valence electrons. The predicted octanol–water partition coefficient (Wildman–Crippen LogP) is 3.30. The second-order valence-corrected chi connectivity index (χ2v) is 6.08. The zero-order valence-corrected chi connectivity index (χ0v) is 12.5. The number of hydrogen-bond donors (Lipinski definition) is 2. The van der Waals surface area contributed by atoms with Crippen LogP contribution in [0.25, 0.3) is 0 Å². The number of rotatable bonds is 4. The Morgan fingerprint density at radius 1 is 1.30 bits per heavy atom. The van der Waals surface area contributed by atoms with E-state index in [1.165, 1.54) is 17.2 Å². The molecule has 1 aliphatic rings. The summed E-state index contributed by atoms with van der Waals surface area (Å²) >= 11 is 3.47. The van der Waals surface area contributed by atoms with Gasteiger partial charge in [-0.2, -0.15) is 0 Å². The number of benzene rings is 2. The maximum atomic E-state index is 13.4. The minimum absolute atomic E-state index is 0.114. The van der Waals surface area contributed by atoms with E-state index in [-0.39, 0.29) is 11.9 Å². The highest BCUT2D eigenvalue weighted by Gasteiger charge is 2.32. The lowest BCUT2D eigenvalue weighted by atomic mass is 9.72. The fourth-order valence-corrected chi connectivity index (χ4v) is 3.32. The molecule has 0 saturated heterocycles. The zero-order chi connectivity index (χ0) is 14.1. The summed E-state index contributed by atoms with van der Waals surface area (Å²) in [4.78, 5) is 0. The van der Waals surface area contributed by atoms with Crippen LogP contribution in [0.4, 0.5) is 4.39 Å². The van der Waals surface area contributed by atoms with Gasteiger partial charge in [0.2, 0.25) is 0 Å². The van der Waals surface area contributed by atoms with Crippen LogP contribution in [-0.2, 0) is 12.8 Å². The highest BCUT2D eigenvalue weighted by Crippen LogP contribution is 2.38. The van der Waals surface area contributed by atoms with Crippen molar-refractivity contribution in [1.29, 1.82) is 0 Å². The molecule has 0 saturated carbocycles. The zero-order valence-electron chi connectivity index (χ0n) is 10.9. The molecule has 20 heavy (non-hydrogen) atoms. The van der Waals surface area contributed by atoms with E-state index < -0.39 is 0 Å². The Balaban J connectivity index is 1.81. The van der Waals surface area contributed by atoms with Gasteiger partial charge in [-0.25, -0.2) is 4.39 Å². The summed E-state index contributed by atoms with van der Waals surface area (Å²) in [6, 6.07) is 13.3. The van der Waals surface area contributed by atoms with E-state index >= 15 is 0 Å². The van der Waals surface area contributed by atoms with Crippen LogP contribution >= 0.6 is 15.9 Å². The van der Waals surface area contributed by atoms with Gasteiger partial charge in [-0.1, -0.05) is 40.2 Å². The van der Waals surface area contributed by atoms with Crippen molar-refractivity contribution in [3.8, 4) is 0 Å². The summed E-state index contributed by atoms with van der Waals surface area (Å²) in [5.41, 5.74) is 6.57. The summed E-state index contributed by atoms with van der Waals surface area (Å²) in [6.07, 6.45) is 1.73. The van der Waals surface area contributed by atoms with Crippen molar-refractivity contribution >= 4 is 15.9 Å². The number of fused-ring (bicyclic) bond motifs is 1. The number of nitrogens with one attached hydrogen (secondary N) is 1. The molecule has 0 fully saturated rings. The van der Waals surface area contributed by atoms with Gasteiger partial charge in [0.1, 0.15) is 5.82 Å². The molecule has 1 aliphatic carbocycles. The van der Waals surface area contributed by atoms with Gasteiger partial charge < -0.3 is 0 Å². The molecule has 2 atom stereocenters. The van der Waals surface area contributed by atoms with Gasteiger partial charge in [-0.15, -0.1) is 0 Å². The summed E-state index contributed by atoms with van der Waals surface area (Å²) < 4.78 is 14.3. The maximum Gasteiger partial charge on any atom is 0.123 e. The van der Waals surface area contributed by atoms with Crippen LogP contribution in [0.3, 0.4) is 0 Å². The van der Waals surface area contributed by atoms with Crippen LogP contribution in [0.5, 0.6) is 0 Å². The van der Waals surface area contributed by atoms with E-state index in [1.807, 2.05) is 0 Å². The first-order valence-electron chi connectivity index (χ1n) is 6.67. The Morgan fingerprint density at radius 2 is 2.10 bits per heavy atom. The predicted molar refractivity (Wildman–Crippen MR) is 81.8 cm³/mol. The molecule has 3 N–H and O–H groups in total. The van der Waals surface area contributed by atoms with Crippen LogP contribution < -0.4 is 11.3 Å². The Kier molecular flexibility index (Phi) is 3.87. The molecule has 0 spiro atoms. The molecular formula is C16H16BrFN2. The molecule has 0 aliphatic heterocycles. The van der Waals surface area contributed by atoms with E-state index in [4.69, 9.17) is 5.84 Å². The Labute approximate surface area is 126 Å². The SMILES string of the molecule is NNC(Cc1cc(F)ccc1Br)C1Cc2ccccc21. The van der Waals surface area contributed by atoms with Gasteiger partial charge in [0.15, 0.2) is 0 Å². The fraction of sp³-hybridized carbons (Fsp3) is 0.250. The monoisotopic (exact) mass is 334 g/mol. The molecule has 2 aromatic carbocycles. The van der Waals surface area contributed by atoms with E-state index in [0.717, 1.165) is 16.5 Å². The Morgan fingerprint density at radius 3 is 2.85 bits per heavy atom. The van der Waals surface area contributed by atoms with Crippen molar-refractivity contribution in [1.82, 2.24) is 5.43 Å². The first-order valence-corrected chi connectivity index (χ1v) is 7.46. The minimum Gasteiger partial charge on any atom is -0.271 e. The standard InChI is InChI=1S/C16H16BrFN2/c17-15-6-5-12(18)7-11(15)9-16(20-19)14-8-10-3-1-2-4-13(10)14/h1-7,14,16,20H,8-9,19H2. The molecule has 2 unspecified atom stereocenters. The fourth-order valence-electron chi connectivity index (χ4n) is 2.91. The molecule has 0 aromatic heterocycles. The summed E-state index contributed by atoms with van der Waals surface area (Å²) in [6.45, 7) is 0. The summed E-state index contributed by atoms with van der Waals surface area (Å²) in [7, 11) is 0. The number of nitrogens with two attached hydrogens (primary N) is 1. The number of hydrazine groups is 1. The third-order valence-corrected chi connectivity index (χ3v) is 4.82. The molecule has 0 amide bonds. The van der Waals surface area contributed by atoms with E-state index in [1.54, 1.807) is 12.1 Å². The van der Waals surface area contributed by atoms with E-state index in [0.29, 0.717) is 12.3 Å². The largest absolute Gasteiger partial charge is 0.271 e. The van der Waals surface area contributed by atoms with Crippen molar-refractivity contribution in [3.63, 3.8) is 0 Å². The lowest BCUT2D eigenvalue weighted by molar-refractivity contribution is 0.403. The molecule has 0 bridgehead atoms. The normalized spacial score (nSPS) is 18.2. The highest BCUT2D eigenvalue weighted by atomic mass is 79.9. The average molecular weight is 335 g/mol.